The van der Waals surface area contributed by atoms with Gasteiger partial charge in [0.2, 0.25) is 0 Å². The van der Waals surface area contributed by atoms with Crippen LogP contribution in [-0.4, -0.2) is 4.98 Å². The summed E-state index contributed by atoms with van der Waals surface area (Å²) in [6.45, 7) is 12.7. The van der Waals surface area contributed by atoms with Crippen molar-refractivity contribution < 1.29 is 0 Å². The predicted molar refractivity (Wildman–Crippen MR) is 55.6 cm³/mol. The van der Waals surface area contributed by atoms with E-state index in [9.17, 15) is 0 Å². The minimum atomic E-state index is 0.282. The van der Waals surface area contributed by atoms with Gasteiger partial charge in [-0.05, 0) is 24.0 Å². The molecule has 0 aliphatic carbocycles. The molecule has 0 atom stereocenters. The third-order valence-corrected chi connectivity index (χ3v) is 1.69. The van der Waals surface area contributed by atoms with Crippen LogP contribution in [0.3, 0.4) is 0 Å². The molecule has 0 spiro atoms. The summed E-state index contributed by atoms with van der Waals surface area (Å²) in [7, 11) is 0. The van der Waals surface area contributed by atoms with Crippen molar-refractivity contribution in [3.05, 3.63) is 23.5 Å². The van der Waals surface area contributed by atoms with Crippen LogP contribution in [0.4, 0.5) is 0 Å². The van der Waals surface area contributed by atoms with Crippen molar-refractivity contribution in [1.29, 1.82) is 0 Å². The highest BCUT2D eigenvalue weighted by molar-refractivity contribution is 5.22. The molecule has 0 amide bonds. The Labute approximate surface area is 76.2 Å². The molecule has 1 N–H and O–H groups in total. The van der Waals surface area contributed by atoms with Crippen LogP contribution in [0.15, 0.2) is 12.3 Å². The summed E-state index contributed by atoms with van der Waals surface area (Å²) in [6.07, 6.45) is 2.08. The molecule has 0 unspecified atom stereocenters. The summed E-state index contributed by atoms with van der Waals surface area (Å²) < 4.78 is 0. The van der Waals surface area contributed by atoms with Gasteiger partial charge in [0.25, 0.3) is 0 Å². The summed E-state index contributed by atoms with van der Waals surface area (Å²) in [6, 6.07) is 2.19. The van der Waals surface area contributed by atoms with Crippen molar-refractivity contribution >= 4 is 0 Å². The van der Waals surface area contributed by atoms with E-state index in [4.69, 9.17) is 0 Å². The number of hydrogen-bond acceptors (Lipinski definition) is 0. The number of aryl methyl sites for hydroxylation is 1. The average Bonchev–Trinajstić information content (AvgIpc) is 2.39. The Balaban J connectivity index is 0.000000561. The molecule has 70 valence electrons. The van der Waals surface area contributed by atoms with Gasteiger partial charge in [0.1, 0.15) is 0 Å². The van der Waals surface area contributed by atoms with Crippen molar-refractivity contribution in [1.82, 2.24) is 4.98 Å². The van der Waals surface area contributed by atoms with Gasteiger partial charge >= 0.3 is 0 Å². The minimum absolute atomic E-state index is 0.282. The van der Waals surface area contributed by atoms with Gasteiger partial charge in [-0.1, -0.05) is 34.6 Å². The first-order valence-electron chi connectivity index (χ1n) is 4.65. The van der Waals surface area contributed by atoms with Gasteiger partial charge < -0.3 is 4.98 Å². The summed E-state index contributed by atoms with van der Waals surface area (Å²) in [4.78, 5) is 3.18. The molecular formula is C11H21N. The van der Waals surface area contributed by atoms with E-state index >= 15 is 0 Å². The van der Waals surface area contributed by atoms with E-state index in [0.717, 1.165) is 0 Å². The van der Waals surface area contributed by atoms with Crippen LogP contribution in [0.5, 0.6) is 0 Å². The van der Waals surface area contributed by atoms with Crippen LogP contribution in [0.25, 0.3) is 0 Å². The second-order valence-electron chi connectivity index (χ2n) is 3.82. The summed E-state index contributed by atoms with van der Waals surface area (Å²) >= 11 is 0. The van der Waals surface area contributed by atoms with Gasteiger partial charge in [-0.3, -0.25) is 0 Å². The molecule has 1 aromatic heterocycles. The maximum Gasteiger partial charge on any atom is 0.0118 e. The molecule has 0 aliphatic rings. The number of H-pyrrole nitrogens is 1. The van der Waals surface area contributed by atoms with Crippen molar-refractivity contribution in [3.63, 3.8) is 0 Å². The summed E-state index contributed by atoms with van der Waals surface area (Å²) in [5.74, 6) is 0. The third kappa shape index (κ3) is 3.12. The predicted octanol–water partition coefficient (Wildman–Crippen LogP) is 3.65. The van der Waals surface area contributed by atoms with Gasteiger partial charge in [-0.15, -0.1) is 0 Å². The smallest absolute Gasteiger partial charge is 0.0118 e. The number of hydrogen-bond donors (Lipinski definition) is 1. The molecule has 0 radical (unpaired) electrons. The lowest BCUT2D eigenvalue weighted by Gasteiger charge is -2.15. The first-order chi connectivity index (χ1) is 5.50. The van der Waals surface area contributed by atoms with E-state index in [1.165, 1.54) is 11.3 Å². The fourth-order valence-corrected chi connectivity index (χ4v) is 0.941. The van der Waals surface area contributed by atoms with Crippen LogP contribution in [-0.2, 0) is 5.41 Å². The van der Waals surface area contributed by atoms with E-state index in [0.29, 0.717) is 0 Å². The zero-order valence-electron chi connectivity index (χ0n) is 9.15. The minimum Gasteiger partial charge on any atom is -0.365 e. The van der Waals surface area contributed by atoms with E-state index < -0.39 is 0 Å². The Morgan fingerprint density at radius 1 is 1.17 bits per heavy atom. The lowest BCUT2D eigenvalue weighted by atomic mass is 9.89. The Kier molecular flexibility index (Phi) is 4.08. The monoisotopic (exact) mass is 167 g/mol. The largest absolute Gasteiger partial charge is 0.365 e. The molecule has 0 bridgehead atoms. The van der Waals surface area contributed by atoms with Crippen LogP contribution >= 0.6 is 0 Å². The van der Waals surface area contributed by atoms with Crippen LogP contribution in [0.1, 0.15) is 45.9 Å². The Bertz CT molecular complexity index is 215. The number of aromatic nitrogens is 1. The Morgan fingerprint density at radius 3 is 1.83 bits per heavy atom. The van der Waals surface area contributed by atoms with E-state index in [1.807, 2.05) is 13.8 Å². The lowest BCUT2D eigenvalue weighted by Crippen LogP contribution is -2.09. The average molecular weight is 167 g/mol. The molecule has 0 aliphatic heterocycles. The molecule has 0 saturated carbocycles. The van der Waals surface area contributed by atoms with E-state index in [2.05, 4.69) is 44.9 Å². The first kappa shape index (κ1) is 11.3. The second-order valence-corrected chi connectivity index (χ2v) is 3.82. The fourth-order valence-electron chi connectivity index (χ4n) is 0.941. The van der Waals surface area contributed by atoms with Crippen molar-refractivity contribution in [2.45, 2.75) is 47.0 Å². The zero-order chi connectivity index (χ0) is 9.78. The summed E-state index contributed by atoms with van der Waals surface area (Å²) in [5, 5.41) is 0. The fraction of sp³-hybridized carbons (Fsp3) is 0.636. The normalized spacial score (nSPS) is 10.5. The van der Waals surface area contributed by atoms with Gasteiger partial charge in [0.05, 0.1) is 0 Å². The van der Waals surface area contributed by atoms with Crippen LogP contribution < -0.4 is 0 Å². The molecule has 0 aromatic carbocycles. The second kappa shape index (κ2) is 4.34. The maximum absolute atomic E-state index is 3.18. The molecule has 0 saturated heterocycles. The van der Waals surface area contributed by atoms with E-state index in [-0.39, 0.29) is 5.41 Å². The van der Waals surface area contributed by atoms with Gasteiger partial charge in [-0.2, -0.15) is 0 Å². The first-order valence-corrected chi connectivity index (χ1v) is 4.65. The molecule has 1 rings (SSSR count). The number of nitrogens with one attached hydrogen (secondary N) is 1. The molecule has 0 fully saturated rings. The van der Waals surface area contributed by atoms with Crippen molar-refractivity contribution in [2.75, 3.05) is 0 Å². The molecule has 1 heteroatoms. The van der Waals surface area contributed by atoms with Crippen molar-refractivity contribution in [2.24, 2.45) is 0 Å². The Morgan fingerprint density at radius 2 is 1.67 bits per heavy atom. The highest BCUT2D eigenvalue weighted by Gasteiger charge is 2.13. The van der Waals surface area contributed by atoms with E-state index in [1.54, 1.807) is 0 Å². The highest BCUT2D eigenvalue weighted by Crippen LogP contribution is 2.21. The lowest BCUT2D eigenvalue weighted by molar-refractivity contribution is 0.591. The molecule has 12 heavy (non-hydrogen) atoms. The molecule has 1 heterocycles. The Hall–Kier alpha value is -0.720. The maximum atomic E-state index is 3.18. The van der Waals surface area contributed by atoms with Crippen LogP contribution in [0.2, 0.25) is 0 Å². The third-order valence-electron chi connectivity index (χ3n) is 1.69. The summed E-state index contributed by atoms with van der Waals surface area (Å²) in [5.41, 5.74) is 2.90. The van der Waals surface area contributed by atoms with Crippen LogP contribution in [0, 0.1) is 6.92 Å². The standard InChI is InChI=1S/C9H15N.C2H6/c1-7-5-8(6-10-7)9(2,3)4;1-2/h5-6,10H,1-4H3;1-2H3. The highest BCUT2D eigenvalue weighted by atomic mass is 14.7. The zero-order valence-corrected chi connectivity index (χ0v) is 9.15. The topological polar surface area (TPSA) is 15.8 Å². The van der Waals surface area contributed by atoms with Gasteiger partial charge in [0, 0.05) is 11.9 Å². The number of rotatable bonds is 0. The quantitative estimate of drug-likeness (QED) is 0.607. The van der Waals surface area contributed by atoms with Crippen molar-refractivity contribution in [3.8, 4) is 0 Å². The number of aromatic amines is 1. The van der Waals surface area contributed by atoms with Gasteiger partial charge in [0.15, 0.2) is 0 Å². The van der Waals surface area contributed by atoms with Gasteiger partial charge in [-0.25, -0.2) is 0 Å². The SMILES string of the molecule is CC.Cc1cc(C(C)(C)C)c[nH]1. The molecular weight excluding hydrogens is 146 g/mol. The molecule has 1 aromatic rings. The molecule has 1 nitrogen and oxygen atoms in total.